The zero-order chi connectivity index (χ0) is 18.6. The van der Waals surface area contributed by atoms with Crippen LogP contribution in [-0.4, -0.2) is 24.2 Å². The van der Waals surface area contributed by atoms with Gasteiger partial charge in [0.05, 0.1) is 10.6 Å². The third-order valence-corrected chi connectivity index (χ3v) is 5.71. The van der Waals surface area contributed by atoms with Crippen molar-refractivity contribution < 1.29 is 4.79 Å². The van der Waals surface area contributed by atoms with Crippen molar-refractivity contribution >= 4 is 40.3 Å². The second-order valence-electron chi connectivity index (χ2n) is 6.96. The van der Waals surface area contributed by atoms with Crippen LogP contribution in [0.5, 0.6) is 0 Å². The smallest absolute Gasteiger partial charge is 0.264 e. The lowest BCUT2D eigenvalue weighted by atomic mass is 10.1. The van der Waals surface area contributed by atoms with Crippen molar-refractivity contribution in [2.45, 2.75) is 26.2 Å². The van der Waals surface area contributed by atoms with Gasteiger partial charge in [0.15, 0.2) is 5.17 Å². The van der Waals surface area contributed by atoms with Crippen LogP contribution in [0.4, 0.5) is 11.4 Å². The fraction of sp³-hybridized carbons (Fsp3) is 0.273. The Morgan fingerprint density at radius 1 is 1.07 bits per heavy atom. The molecule has 0 bridgehead atoms. The van der Waals surface area contributed by atoms with E-state index in [0.717, 1.165) is 29.9 Å². The molecule has 2 aromatic rings. The van der Waals surface area contributed by atoms with Gasteiger partial charge in [-0.1, -0.05) is 24.3 Å². The first-order valence-electron chi connectivity index (χ1n) is 9.39. The molecule has 1 N–H and O–H groups in total. The maximum atomic E-state index is 12.3. The Morgan fingerprint density at radius 2 is 1.85 bits per heavy atom. The van der Waals surface area contributed by atoms with E-state index < -0.39 is 0 Å². The Morgan fingerprint density at radius 3 is 2.59 bits per heavy atom. The van der Waals surface area contributed by atoms with E-state index in [1.807, 2.05) is 37.3 Å². The lowest BCUT2D eigenvalue weighted by molar-refractivity contribution is -0.115. The van der Waals surface area contributed by atoms with E-state index in [1.165, 1.54) is 36.7 Å². The normalized spacial score (nSPS) is 20.3. The first kappa shape index (κ1) is 17.9. The van der Waals surface area contributed by atoms with Crippen molar-refractivity contribution in [2.75, 3.05) is 18.0 Å². The highest BCUT2D eigenvalue weighted by atomic mass is 32.2. The van der Waals surface area contributed by atoms with Crippen LogP contribution in [0.3, 0.4) is 0 Å². The summed E-state index contributed by atoms with van der Waals surface area (Å²) < 4.78 is 0. The average molecular weight is 378 g/mol. The van der Waals surface area contributed by atoms with Crippen molar-refractivity contribution in [3.05, 3.63) is 64.6 Å². The molecular weight excluding hydrogens is 354 g/mol. The molecule has 0 aromatic heterocycles. The van der Waals surface area contributed by atoms with Gasteiger partial charge in [0.2, 0.25) is 0 Å². The van der Waals surface area contributed by atoms with Crippen LogP contribution < -0.4 is 10.2 Å². The van der Waals surface area contributed by atoms with Gasteiger partial charge in [-0.25, -0.2) is 4.99 Å². The Labute approximate surface area is 164 Å². The van der Waals surface area contributed by atoms with Gasteiger partial charge in [0.25, 0.3) is 5.91 Å². The highest BCUT2D eigenvalue weighted by molar-refractivity contribution is 8.18. The summed E-state index contributed by atoms with van der Waals surface area (Å²) in [6.07, 6.45) is 5.80. The molecule has 0 aliphatic carbocycles. The SMILES string of the molecule is Cc1cccc(N=C2NC(=O)/C(=C/c3ccc(N4CCCCC4)cc3)S2)c1. The van der Waals surface area contributed by atoms with Crippen LogP contribution >= 0.6 is 11.8 Å². The van der Waals surface area contributed by atoms with E-state index in [9.17, 15) is 4.79 Å². The molecule has 4 nitrogen and oxygen atoms in total. The number of amides is 1. The zero-order valence-electron chi connectivity index (χ0n) is 15.4. The summed E-state index contributed by atoms with van der Waals surface area (Å²) in [6, 6.07) is 16.4. The number of nitrogens with zero attached hydrogens (tertiary/aromatic N) is 2. The zero-order valence-corrected chi connectivity index (χ0v) is 16.3. The molecule has 0 saturated carbocycles. The third kappa shape index (κ3) is 4.42. The molecule has 27 heavy (non-hydrogen) atoms. The van der Waals surface area contributed by atoms with Gasteiger partial charge in [-0.15, -0.1) is 0 Å². The molecule has 4 rings (SSSR count). The summed E-state index contributed by atoms with van der Waals surface area (Å²) in [5.74, 6) is -0.0912. The lowest BCUT2D eigenvalue weighted by Crippen LogP contribution is -2.29. The van der Waals surface area contributed by atoms with Gasteiger partial charge < -0.3 is 10.2 Å². The molecule has 2 fully saturated rings. The number of piperidine rings is 1. The minimum absolute atomic E-state index is 0.0912. The van der Waals surface area contributed by atoms with Crippen molar-refractivity contribution in [1.82, 2.24) is 5.32 Å². The van der Waals surface area contributed by atoms with Crippen LogP contribution in [0.1, 0.15) is 30.4 Å². The summed E-state index contributed by atoms with van der Waals surface area (Å²) in [6.45, 7) is 4.30. The van der Waals surface area contributed by atoms with E-state index in [2.05, 4.69) is 39.5 Å². The molecule has 2 aromatic carbocycles. The number of carbonyl (C=O) groups is 1. The number of carbonyl (C=O) groups excluding carboxylic acids is 1. The largest absolute Gasteiger partial charge is 0.372 e. The van der Waals surface area contributed by atoms with Gasteiger partial charge in [0, 0.05) is 18.8 Å². The number of nitrogens with one attached hydrogen (secondary N) is 1. The van der Waals surface area contributed by atoms with Gasteiger partial charge in [-0.2, -0.15) is 0 Å². The highest BCUT2D eigenvalue weighted by Gasteiger charge is 2.23. The molecular formula is C22H23N3OS. The Bertz CT molecular complexity index is 896. The van der Waals surface area contributed by atoms with E-state index >= 15 is 0 Å². The van der Waals surface area contributed by atoms with Gasteiger partial charge in [-0.3, -0.25) is 4.79 Å². The summed E-state index contributed by atoms with van der Waals surface area (Å²) in [7, 11) is 0. The van der Waals surface area contributed by atoms with Gasteiger partial charge in [0.1, 0.15) is 0 Å². The van der Waals surface area contributed by atoms with Gasteiger partial charge >= 0.3 is 0 Å². The molecule has 5 heteroatoms. The molecule has 2 aliphatic rings. The summed E-state index contributed by atoms with van der Waals surface area (Å²) in [5, 5.41) is 3.48. The summed E-state index contributed by atoms with van der Waals surface area (Å²) >= 11 is 1.39. The lowest BCUT2D eigenvalue weighted by Gasteiger charge is -2.28. The quantitative estimate of drug-likeness (QED) is 0.776. The van der Waals surface area contributed by atoms with Crippen LogP contribution in [-0.2, 0) is 4.79 Å². The van der Waals surface area contributed by atoms with Crippen molar-refractivity contribution in [1.29, 1.82) is 0 Å². The van der Waals surface area contributed by atoms with Crippen LogP contribution in [0.2, 0.25) is 0 Å². The number of rotatable bonds is 3. The molecule has 2 saturated heterocycles. The van der Waals surface area contributed by atoms with E-state index in [-0.39, 0.29) is 5.91 Å². The number of benzene rings is 2. The predicted molar refractivity (Wildman–Crippen MR) is 114 cm³/mol. The fourth-order valence-electron chi connectivity index (χ4n) is 3.38. The minimum atomic E-state index is -0.0912. The molecule has 0 unspecified atom stereocenters. The fourth-order valence-corrected chi connectivity index (χ4v) is 4.22. The number of aliphatic imine (C=N–C) groups is 1. The average Bonchev–Trinajstić information content (AvgIpc) is 3.02. The predicted octanol–water partition coefficient (Wildman–Crippen LogP) is 4.88. The van der Waals surface area contributed by atoms with Crippen molar-refractivity contribution in [3.63, 3.8) is 0 Å². The summed E-state index contributed by atoms with van der Waals surface area (Å²) in [5.41, 5.74) is 4.30. The number of hydrogen-bond acceptors (Lipinski definition) is 4. The number of anilines is 1. The molecule has 0 atom stereocenters. The molecule has 2 aliphatic heterocycles. The first-order chi connectivity index (χ1) is 13.2. The van der Waals surface area contributed by atoms with Crippen LogP contribution in [0, 0.1) is 6.92 Å². The second-order valence-corrected chi connectivity index (χ2v) is 7.99. The minimum Gasteiger partial charge on any atom is -0.372 e. The molecule has 1 amide bonds. The van der Waals surface area contributed by atoms with E-state index in [0.29, 0.717) is 10.1 Å². The topological polar surface area (TPSA) is 44.7 Å². The maximum absolute atomic E-state index is 12.3. The first-order valence-corrected chi connectivity index (χ1v) is 10.2. The van der Waals surface area contributed by atoms with Crippen molar-refractivity contribution in [2.24, 2.45) is 4.99 Å². The molecule has 0 radical (unpaired) electrons. The third-order valence-electron chi connectivity index (χ3n) is 4.80. The highest BCUT2D eigenvalue weighted by Crippen LogP contribution is 2.29. The number of amidine groups is 1. The van der Waals surface area contributed by atoms with Crippen LogP contribution in [0.25, 0.3) is 6.08 Å². The van der Waals surface area contributed by atoms with E-state index in [4.69, 9.17) is 0 Å². The monoisotopic (exact) mass is 377 g/mol. The molecule has 2 heterocycles. The number of aryl methyl sites for hydroxylation is 1. The number of thioether (sulfide) groups is 1. The Kier molecular flexibility index (Phi) is 5.30. The van der Waals surface area contributed by atoms with Gasteiger partial charge in [-0.05, 0) is 79.4 Å². The summed E-state index contributed by atoms with van der Waals surface area (Å²) in [4.78, 5) is 19.9. The Balaban J connectivity index is 1.48. The standard InChI is InChI=1S/C22H23N3OS/c1-16-6-5-7-18(14-16)23-22-24-21(26)20(27-22)15-17-8-10-19(11-9-17)25-12-3-2-4-13-25/h5-11,14-15H,2-4,12-13H2,1H3,(H,23,24,26)/b20-15-. The molecule has 0 spiro atoms. The second kappa shape index (κ2) is 8.01. The van der Waals surface area contributed by atoms with Crippen molar-refractivity contribution in [3.8, 4) is 0 Å². The maximum Gasteiger partial charge on any atom is 0.264 e. The van der Waals surface area contributed by atoms with E-state index in [1.54, 1.807) is 0 Å². The Hall–Kier alpha value is -2.53. The number of hydrogen-bond donors (Lipinski definition) is 1. The van der Waals surface area contributed by atoms with Crippen LogP contribution in [0.15, 0.2) is 58.4 Å². The molecule has 138 valence electrons.